The van der Waals surface area contributed by atoms with E-state index in [9.17, 15) is 13.2 Å². The van der Waals surface area contributed by atoms with E-state index in [2.05, 4.69) is 21.2 Å². The smallest absolute Gasteiger partial charge is 0.251 e. The maximum absolute atomic E-state index is 12.2. The minimum absolute atomic E-state index is 0.0728. The Hall–Kier alpha value is -0.960. The first kappa shape index (κ1) is 17.1. The number of halogens is 1. The van der Waals surface area contributed by atoms with Gasteiger partial charge in [-0.3, -0.25) is 4.79 Å². The highest BCUT2D eigenvalue weighted by molar-refractivity contribution is 9.10. The van der Waals surface area contributed by atoms with E-state index in [1.165, 1.54) is 13.2 Å². The predicted molar refractivity (Wildman–Crippen MR) is 79.1 cm³/mol. The van der Waals surface area contributed by atoms with Crippen molar-refractivity contribution in [3.63, 3.8) is 0 Å². The second-order valence-corrected chi connectivity index (χ2v) is 6.90. The van der Waals surface area contributed by atoms with Gasteiger partial charge in [-0.25, -0.2) is 13.6 Å². The number of amides is 1. The molecule has 1 rings (SSSR count). The van der Waals surface area contributed by atoms with E-state index in [1.807, 2.05) is 0 Å². The molecule has 3 N–H and O–H groups in total. The van der Waals surface area contributed by atoms with Crippen LogP contribution in [0, 0.1) is 6.92 Å². The van der Waals surface area contributed by atoms with Gasteiger partial charge in [-0.05, 0) is 31.5 Å². The minimum Gasteiger partial charge on any atom is -0.383 e. The third kappa shape index (κ3) is 4.27. The number of carbonyl (C=O) groups is 1. The van der Waals surface area contributed by atoms with Crippen molar-refractivity contribution in [1.29, 1.82) is 0 Å². The lowest BCUT2D eigenvalue weighted by Gasteiger charge is -2.15. The van der Waals surface area contributed by atoms with Crippen LogP contribution >= 0.6 is 15.9 Å². The number of hydrogen-bond donors (Lipinski definition) is 2. The summed E-state index contributed by atoms with van der Waals surface area (Å²) in [7, 11) is -2.35. The number of methoxy groups -OCH3 is 1. The third-order valence-corrected chi connectivity index (χ3v) is 4.17. The van der Waals surface area contributed by atoms with Crippen molar-refractivity contribution in [1.82, 2.24) is 5.32 Å². The van der Waals surface area contributed by atoms with Gasteiger partial charge in [-0.1, -0.05) is 15.9 Å². The zero-order valence-electron chi connectivity index (χ0n) is 11.4. The Morgan fingerprint density at radius 3 is 2.60 bits per heavy atom. The van der Waals surface area contributed by atoms with Crippen molar-refractivity contribution in [2.75, 3.05) is 13.7 Å². The predicted octanol–water partition coefficient (Wildman–Crippen LogP) is 1.17. The van der Waals surface area contributed by atoms with Crippen molar-refractivity contribution >= 4 is 31.9 Å². The van der Waals surface area contributed by atoms with Gasteiger partial charge in [0.25, 0.3) is 5.91 Å². The number of hydrogen-bond acceptors (Lipinski definition) is 4. The first-order valence-electron chi connectivity index (χ1n) is 5.79. The summed E-state index contributed by atoms with van der Waals surface area (Å²) in [6.07, 6.45) is 0. The molecule has 0 radical (unpaired) electrons. The van der Waals surface area contributed by atoms with Gasteiger partial charge >= 0.3 is 0 Å². The van der Waals surface area contributed by atoms with Gasteiger partial charge in [-0.2, -0.15) is 0 Å². The standard InChI is InChI=1S/C12H17BrN2O4S/c1-7(6-19-3)15-12(16)10-4-9(13)5-11(8(10)2)20(14,17)18/h4-5,7H,6H2,1-3H3,(H,15,16)(H2,14,17,18). The number of ether oxygens (including phenoxy) is 1. The zero-order valence-corrected chi connectivity index (χ0v) is 13.8. The molecule has 1 amide bonds. The van der Waals surface area contributed by atoms with E-state index < -0.39 is 10.0 Å². The summed E-state index contributed by atoms with van der Waals surface area (Å²) < 4.78 is 28.4. The minimum atomic E-state index is -3.89. The van der Waals surface area contributed by atoms with Crippen molar-refractivity contribution in [3.05, 3.63) is 27.7 Å². The molecule has 20 heavy (non-hydrogen) atoms. The van der Waals surface area contributed by atoms with Gasteiger partial charge < -0.3 is 10.1 Å². The molecule has 0 aromatic heterocycles. The summed E-state index contributed by atoms with van der Waals surface area (Å²) in [5, 5.41) is 7.87. The van der Waals surface area contributed by atoms with Crippen LogP contribution in [0.4, 0.5) is 0 Å². The summed E-state index contributed by atoms with van der Waals surface area (Å²) in [6, 6.07) is 2.74. The molecule has 1 aromatic carbocycles. The lowest BCUT2D eigenvalue weighted by molar-refractivity contribution is 0.0904. The number of nitrogens with two attached hydrogens (primary N) is 1. The van der Waals surface area contributed by atoms with Crippen LogP contribution in [0.5, 0.6) is 0 Å². The molecule has 0 bridgehead atoms. The Labute approximate surface area is 126 Å². The fraction of sp³-hybridized carbons (Fsp3) is 0.417. The average Bonchev–Trinajstić information content (AvgIpc) is 2.30. The summed E-state index contributed by atoms with van der Waals surface area (Å²) in [5.74, 6) is -0.377. The molecule has 0 aliphatic rings. The lowest BCUT2D eigenvalue weighted by Crippen LogP contribution is -2.36. The average molecular weight is 365 g/mol. The molecule has 112 valence electrons. The largest absolute Gasteiger partial charge is 0.383 e. The van der Waals surface area contributed by atoms with Crippen LogP contribution in [-0.4, -0.2) is 34.1 Å². The quantitative estimate of drug-likeness (QED) is 0.818. The maximum atomic E-state index is 12.2. The Balaban J connectivity index is 3.19. The number of benzene rings is 1. The van der Waals surface area contributed by atoms with Gasteiger partial charge in [0.1, 0.15) is 0 Å². The molecule has 6 nitrogen and oxygen atoms in total. The fourth-order valence-corrected chi connectivity index (χ4v) is 3.22. The fourth-order valence-electron chi connectivity index (χ4n) is 1.78. The Morgan fingerprint density at radius 1 is 1.50 bits per heavy atom. The first-order chi connectivity index (χ1) is 9.16. The van der Waals surface area contributed by atoms with E-state index in [0.717, 1.165) is 0 Å². The van der Waals surface area contributed by atoms with Gasteiger partial charge in [0.05, 0.1) is 11.5 Å². The molecule has 0 fully saturated rings. The number of primary sulfonamides is 1. The topological polar surface area (TPSA) is 98.5 Å². The van der Waals surface area contributed by atoms with E-state index >= 15 is 0 Å². The van der Waals surface area contributed by atoms with E-state index in [4.69, 9.17) is 9.88 Å². The Kier molecular flexibility index (Phi) is 5.69. The molecule has 0 spiro atoms. The molecule has 0 heterocycles. The monoisotopic (exact) mass is 364 g/mol. The van der Waals surface area contributed by atoms with Crippen molar-refractivity contribution in [2.45, 2.75) is 24.8 Å². The first-order valence-corrected chi connectivity index (χ1v) is 8.13. The molecule has 1 unspecified atom stereocenters. The highest BCUT2D eigenvalue weighted by Gasteiger charge is 2.20. The molecule has 0 aliphatic carbocycles. The summed E-state index contributed by atoms with van der Waals surface area (Å²) in [6.45, 7) is 3.69. The number of carbonyl (C=O) groups excluding carboxylic acids is 1. The molecule has 0 saturated carbocycles. The number of rotatable bonds is 5. The van der Waals surface area contributed by atoms with Crippen LogP contribution in [-0.2, 0) is 14.8 Å². The Bertz CT molecular complexity index is 616. The number of sulfonamides is 1. The second kappa shape index (κ2) is 6.66. The molecule has 1 aromatic rings. The molecular weight excluding hydrogens is 348 g/mol. The summed E-state index contributed by atoms with van der Waals surface area (Å²) in [5.41, 5.74) is 0.573. The van der Waals surface area contributed by atoms with Crippen molar-refractivity contribution in [3.8, 4) is 0 Å². The second-order valence-electron chi connectivity index (χ2n) is 4.45. The SMILES string of the molecule is COCC(C)NC(=O)c1cc(Br)cc(S(N)(=O)=O)c1C. The van der Waals surface area contributed by atoms with E-state index in [-0.39, 0.29) is 22.4 Å². The highest BCUT2D eigenvalue weighted by atomic mass is 79.9. The lowest BCUT2D eigenvalue weighted by atomic mass is 10.1. The number of nitrogens with one attached hydrogen (secondary N) is 1. The van der Waals surface area contributed by atoms with E-state index in [1.54, 1.807) is 19.9 Å². The van der Waals surface area contributed by atoms with Gasteiger partial charge in [0.15, 0.2) is 0 Å². The van der Waals surface area contributed by atoms with Crippen LogP contribution < -0.4 is 10.5 Å². The van der Waals surface area contributed by atoms with Crippen LogP contribution in [0.15, 0.2) is 21.5 Å². The molecule has 0 saturated heterocycles. The zero-order chi connectivity index (χ0) is 15.5. The Morgan fingerprint density at radius 2 is 2.10 bits per heavy atom. The van der Waals surface area contributed by atoms with Gasteiger partial charge in [-0.15, -0.1) is 0 Å². The van der Waals surface area contributed by atoms with Crippen LogP contribution in [0.25, 0.3) is 0 Å². The maximum Gasteiger partial charge on any atom is 0.251 e. The normalized spacial score (nSPS) is 13.1. The van der Waals surface area contributed by atoms with Crippen LogP contribution in [0.3, 0.4) is 0 Å². The van der Waals surface area contributed by atoms with Gasteiger partial charge in [0.2, 0.25) is 10.0 Å². The molecule has 0 aliphatic heterocycles. The van der Waals surface area contributed by atoms with Crippen molar-refractivity contribution in [2.24, 2.45) is 5.14 Å². The summed E-state index contributed by atoms with van der Waals surface area (Å²) in [4.78, 5) is 12.1. The van der Waals surface area contributed by atoms with E-state index in [0.29, 0.717) is 16.6 Å². The highest BCUT2D eigenvalue weighted by Crippen LogP contribution is 2.24. The molecule has 8 heteroatoms. The molecule has 1 atom stereocenters. The van der Waals surface area contributed by atoms with Gasteiger partial charge in [0, 0.05) is 23.2 Å². The summed E-state index contributed by atoms with van der Waals surface area (Å²) >= 11 is 3.18. The van der Waals surface area contributed by atoms with Crippen molar-refractivity contribution < 1.29 is 17.9 Å². The van der Waals surface area contributed by atoms with Crippen LogP contribution in [0.1, 0.15) is 22.8 Å². The van der Waals surface area contributed by atoms with Crippen LogP contribution in [0.2, 0.25) is 0 Å². The molecular formula is C12H17BrN2O4S. The third-order valence-electron chi connectivity index (χ3n) is 2.67.